The van der Waals surface area contributed by atoms with Gasteiger partial charge >= 0.3 is 5.97 Å². The lowest BCUT2D eigenvalue weighted by Gasteiger charge is -2.12. The van der Waals surface area contributed by atoms with E-state index in [1.54, 1.807) is 25.1 Å². The van der Waals surface area contributed by atoms with Crippen LogP contribution in [0.1, 0.15) is 28.4 Å². The fraction of sp³-hybridized carbons (Fsp3) is 0.167. The van der Waals surface area contributed by atoms with Gasteiger partial charge in [0.05, 0.1) is 6.61 Å². The maximum Gasteiger partial charge on any atom is 0.341 e. The van der Waals surface area contributed by atoms with Gasteiger partial charge in [-0.1, -0.05) is 34.1 Å². The van der Waals surface area contributed by atoms with Gasteiger partial charge in [-0.25, -0.2) is 4.79 Å². The monoisotopic (exact) mass is 358 g/mol. The second-order valence-electron chi connectivity index (χ2n) is 4.93. The summed E-state index contributed by atoms with van der Waals surface area (Å²) >= 11 is 3.40. The number of carbonyl (C=O) groups excluding carboxylic acids is 1. The minimum atomic E-state index is -0.383. The van der Waals surface area contributed by atoms with Crippen molar-refractivity contribution in [3.63, 3.8) is 0 Å². The molecule has 2 aromatic rings. The van der Waals surface area contributed by atoms with Gasteiger partial charge in [-0.3, -0.25) is 0 Å². The lowest BCUT2D eigenvalue weighted by atomic mass is 10.1. The van der Waals surface area contributed by atoms with Crippen LogP contribution in [0.15, 0.2) is 46.9 Å². The van der Waals surface area contributed by atoms with Crippen molar-refractivity contribution in [3.8, 4) is 11.5 Å². The van der Waals surface area contributed by atoms with Crippen molar-refractivity contribution < 1.29 is 14.3 Å². The maximum absolute atomic E-state index is 12.0. The molecule has 0 N–H and O–H groups in total. The third-order valence-corrected chi connectivity index (χ3v) is 3.91. The van der Waals surface area contributed by atoms with Crippen LogP contribution in [0.4, 0.5) is 0 Å². The van der Waals surface area contributed by atoms with Gasteiger partial charge < -0.3 is 9.47 Å². The second kappa shape index (κ2) is 6.36. The van der Waals surface area contributed by atoms with Crippen LogP contribution >= 0.6 is 15.9 Å². The number of allylic oxidation sites excluding steroid dienone is 1. The third kappa shape index (κ3) is 3.07. The molecule has 0 radical (unpaired) electrons. The quantitative estimate of drug-likeness (QED) is 0.722. The highest BCUT2D eigenvalue weighted by Crippen LogP contribution is 2.31. The molecule has 0 aliphatic heterocycles. The number of carbonyl (C=O) groups is 1. The lowest BCUT2D eigenvalue weighted by molar-refractivity contribution is 0.0523. The molecule has 0 unspecified atom stereocenters. The first-order valence-electron chi connectivity index (χ1n) is 7.11. The predicted octanol–water partition coefficient (Wildman–Crippen LogP) is 4.99. The molecule has 0 spiro atoms. The zero-order valence-electron chi connectivity index (χ0n) is 12.1. The number of rotatable bonds is 4. The molecule has 3 nitrogen and oxygen atoms in total. The highest BCUT2D eigenvalue weighted by atomic mass is 79.9. The van der Waals surface area contributed by atoms with Crippen molar-refractivity contribution in [1.29, 1.82) is 0 Å². The van der Waals surface area contributed by atoms with E-state index in [-0.39, 0.29) is 5.97 Å². The van der Waals surface area contributed by atoms with Gasteiger partial charge in [-0.05, 0) is 54.8 Å². The SMILES string of the molecule is CCOC(=O)c1ccc(Br)cc1Oc1ccc2c(c1)C=CC2. The van der Waals surface area contributed by atoms with E-state index < -0.39 is 0 Å². The summed E-state index contributed by atoms with van der Waals surface area (Å²) in [7, 11) is 0. The highest BCUT2D eigenvalue weighted by molar-refractivity contribution is 9.10. The minimum Gasteiger partial charge on any atom is -0.462 e. The third-order valence-electron chi connectivity index (χ3n) is 3.42. The van der Waals surface area contributed by atoms with Gasteiger partial charge in [0.25, 0.3) is 0 Å². The lowest BCUT2D eigenvalue weighted by Crippen LogP contribution is -2.06. The molecule has 3 rings (SSSR count). The summed E-state index contributed by atoms with van der Waals surface area (Å²) in [5.74, 6) is 0.801. The summed E-state index contributed by atoms with van der Waals surface area (Å²) < 4.78 is 11.8. The van der Waals surface area contributed by atoms with E-state index in [9.17, 15) is 4.79 Å². The van der Waals surface area contributed by atoms with Gasteiger partial charge in [0.2, 0.25) is 0 Å². The summed E-state index contributed by atoms with van der Waals surface area (Å²) in [5.41, 5.74) is 2.86. The molecule has 0 bridgehead atoms. The summed E-state index contributed by atoms with van der Waals surface area (Å²) in [6, 6.07) is 11.2. The van der Waals surface area contributed by atoms with Crippen LogP contribution in [-0.4, -0.2) is 12.6 Å². The number of hydrogen-bond acceptors (Lipinski definition) is 3. The Morgan fingerprint density at radius 1 is 1.23 bits per heavy atom. The fourth-order valence-electron chi connectivity index (χ4n) is 2.38. The Kier molecular flexibility index (Phi) is 4.29. The van der Waals surface area contributed by atoms with E-state index in [0.717, 1.165) is 16.5 Å². The Morgan fingerprint density at radius 2 is 2.09 bits per heavy atom. The molecule has 0 atom stereocenters. The molecule has 1 aliphatic carbocycles. The molecule has 0 fully saturated rings. The zero-order valence-corrected chi connectivity index (χ0v) is 13.7. The molecule has 2 aromatic carbocycles. The average molecular weight is 359 g/mol. The largest absolute Gasteiger partial charge is 0.462 e. The Labute approximate surface area is 137 Å². The van der Waals surface area contributed by atoms with Crippen molar-refractivity contribution in [2.24, 2.45) is 0 Å². The Hall–Kier alpha value is -2.07. The number of esters is 1. The fourth-order valence-corrected chi connectivity index (χ4v) is 2.72. The van der Waals surface area contributed by atoms with Crippen molar-refractivity contribution >= 4 is 28.0 Å². The van der Waals surface area contributed by atoms with Crippen LogP contribution in [-0.2, 0) is 11.2 Å². The second-order valence-corrected chi connectivity index (χ2v) is 5.85. The first kappa shape index (κ1) is 14.9. The van der Waals surface area contributed by atoms with E-state index in [0.29, 0.717) is 23.7 Å². The molecule has 1 aliphatic rings. The maximum atomic E-state index is 12.0. The van der Waals surface area contributed by atoms with Gasteiger partial charge in [-0.15, -0.1) is 0 Å². The first-order valence-corrected chi connectivity index (χ1v) is 7.90. The molecule has 0 saturated carbocycles. The smallest absolute Gasteiger partial charge is 0.341 e. The van der Waals surface area contributed by atoms with E-state index >= 15 is 0 Å². The van der Waals surface area contributed by atoms with Gasteiger partial charge in [0.15, 0.2) is 0 Å². The molecule has 22 heavy (non-hydrogen) atoms. The number of halogens is 1. The average Bonchev–Trinajstić information content (AvgIpc) is 2.95. The number of fused-ring (bicyclic) bond motifs is 1. The van der Waals surface area contributed by atoms with Crippen molar-refractivity contribution in [2.45, 2.75) is 13.3 Å². The Morgan fingerprint density at radius 3 is 2.91 bits per heavy atom. The molecule has 0 aromatic heterocycles. The summed E-state index contributed by atoms with van der Waals surface area (Å²) in [6.07, 6.45) is 5.16. The predicted molar refractivity (Wildman–Crippen MR) is 89.4 cm³/mol. The molecule has 0 saturated heterocycles. The van der Waals surface area contributed by atoms with Crippen LogP contribution in [0.3, 0.4) is 0 Å². The van der Waals surface area contributed by atoms with E-state index in [4.69, 9.17) is 9.47 Å². The Balaban J connectivity index is 1.92. The molecule has 0 amide bonds. The minimum absolute atomic E-state index is 0.331. The number of benzene rings is 2. The summed E-state index contributed by atoms with van der Waals surface area (Å²) in [6.45, 7) is 2.11. The molecular weight excluding hydrogens is 344 g/mol. The van der Waals surface area contributed by atoms with Crippen LogP contribution in [0, 0.1) is 0 Å². The van der Waals surface area contributed by atoms with Crippen molar-refractivity contribution in [1.82, 2.24) is 0 Å². The topological polar surface area (TPSA) is 35.5 Å². The van der Waals surface area contributed by atoms with Gasteiger partial charge in [0, 0.05) is 4.47 Å². The van der Waals surface area contributed by atoms with Crippen molar-refractivity contribution in [2.75, 3.05) is 6.61 Å². The van der Waals surface area contributed by atoms with E-state index in [2.05, 4.69) is 28.1 Å². The first-order chi connectivity index (χ1) is 10.7. The highest BCUT2D eigenvalue weighted by Gasteiger charge is 2.15. The zero-order chi connectivity index (χ0) is 15.5. The normalized spacial score (nSPS) is 12.1. The van der Waals surface area contributed by atoms with Crippen LogP contribution < -0.4 is 4.74 Å². The number of ether oxygens (including phenoxy) is 2. The molecular formula is C18H15BrO3. The van der Waals surface area contributed by atoms with Crippen molar-refractivity contribution in [3.05, 3.63) is 63.6 Å². The molecule has 0 heterocycles. The summed E-state index contributed by atoms with van der Waals surface area (Å²) in [5, 5.41) is 0. The van der Waals surface area contributed by atoms with Crippen LogP contribution in [0.5, 0.6) is 11.5 Å². The Bertz CT molecular complexity index is 750. The van der Waals surface area contributed by atoms with E-state index in [1.165, 1.54) is 5.56 Å². The van der Waals surface area contributed by atoms with Crippen LogP contribution in [0.25, 0.3) is 6.08 Å². The van der Waals surface area contributed by atoms with Crippen LogP contribution in [0.2, 0.25) is 0 Å². The molecule has 112 valence electrons. The van der Waals surface area contributed by atoms with Gasteiger partial charge in [0.1, 0.15) is 17.1 Å². The summed E-state index contributed by atoms with van der Waals surface area (Å²) in [4.78, 5) is 12.0. The number of hydrogen-bond donors (Lipinski definition) is 0. The molecule has 4 heteroatoms. The van der Waals surface area contributed by atoms with Gasteiger partial charge in [-0.2, -0.15) is 0 Å². The van der Waals surface area contributed by atoms with E-state index in [1.807, 2.05) is 18.2 Å². The standard InChI is InChI=1S/C18H15BrO3/c1-2-21-18(20)16-9-7-14(19)11-17(16)22-15-8-6-12-4-3-5-13(12)10-15/h3,5-11H,2,4H2,1H3.